The molecule has 0 bridgehead atoms. The van der Waals surface area contributed by atoms with E-state index in [0.29, 0.717) is 54.9 Å². The number of carbonyl (C=O) groups is 2. The van der Waals surface area contributed by atoms with Crippen LogP contribution in [0.3, 0.4) is 0 Å². The van der Waals surface area contributed by atoms with Crippen molar-refractivity contribution in [2.45, 2.75) is 26.5 Å². The van der Waals surface area contributed by atoms with Crippen LogP contribution in [0.25, 0.3) is 21.5 Å². The second-order valence-electron chi connectivity index (χ2n) is 8.40. The Kier molecular flexibility index (Phi) is 6.55. The van der Waals surface area contributed by atoms with Gasteiger partial charge in [0.15, 0.2) is 0 Å². The van der Waals surface area contributed by atoms with Gasteiger partial charge >= 0.3 is 5.97 Å². The van der Waals surface area contributed by atoms with Crippen LogP contribution >= 0.6 is 11.3 Å². The number of carbonyl (C=O) groups excluding carboxylic acids is 1. The highest BCUT2D eigenvalue weighted by Crippen LogP contribution is 2.33. The van der Waals surface area contributed by atoms with E-state index >= 15 is 0 Å². The molecule has 0 spiro atoms. The smallest absolute Gasteiger partial charge is 0.336 e. The minimum absolute atomic E-state index is 0.129. The Labute approximate surface area is 190 Å². The van der Waals surface area contributed by atoms with Gasteiger partial charge < -0.3 is 15.1 Å². The third-order valence-corrected chi connectivity index (χ3v) is 6.79. The summed E-state index contributed by atoms with van der Waals surface area (Å²) in [6.45, 7) is 6.29. The molecule has 4 rings (SSSR count). The lowest BCUT2D eigenvalue weighted by Crippen LogP contribution is -2.52. The predicted octanol–water partition coefficient (Wildman–Crippen LogP) is 3.32. The number of carboxylic acid groups (broad SMARTS) is 1. The minimum Gasteiger partial charge on any atom is -0.478 e. The monoisotopic (exact) mass is 453 g/mol. The van der Waals surface area contributed by atoms with Crippen LogP contribution in [-0.2, 0) is 11.3 Å². The van der Waals surface area contributed by atoms with Crippen molar-refractivity contribution in [3.8, 4) is 10.6 Å². The van der Waals surface area contributed by atoms with Gasteiger partial charge in [-0.3, -0.25) is 9.69 Å². The fourth-order valence-corrected chi connectivity index (χ4v) is 4.83. The minimum atomic E-state index is -0.990. The molecule has 2 N–H and O–H groups in total. The molecule has 3 heterocycles. The lowest BCUT2D eigenvalue weighted by molar-refractivity contribution is -0.144. The van der Waals surface area contributed by atoms with Gasteiger partial charge in [0.05, 0.1) is 21.7 Å². The van der Waals surface area contributed by atoms with E-state index in [4.69, 9.17) is 4.98 Å². The van der Waals surface area contributed by atoms with Gasteiger partial charge in [0.25, 0.3) is 5.91 Å². The van der Waals surface area contributed by atoms with Gasteiger partial charge in [0.1, 0.15) is 6.10 Å². The summed E-state index contributed by atoms with van der Waals surface area (Å²) in [7, 11) is 0. The Morgan fingerprint density at radius 2 is 1.81 bits per heavy atom. The summed E-state index contributed by atoms with van der Waals surface area (Å²) >= 11 is 1.54. The molecule has 0 aliphatic carbocycles. The van der Waals surface area contributed by atoms with Gasteiger partial charge in [-0.1, -0.05) is 38.1 Å². The first-order valence-corrected chi connectivity index (χ1v) is 11.6. The standard InChI is InChI=1S/C24H27N3O4S/c1-15(2)22(28)23(29)27-11-9-26(10-12-27)14-17-20(24(30)31)16-6-3-4-7-18(16)25-21(17)19-8-5-13-32-19/h3-8,13,15,22,28H,9-12,14H2,1-2H3,(H,30,31)/t22-/m0/s1. The highest BCUT2D eigenvalue weighted by atomic mass is 32.1. The number of carboxylic acids is 1. The number of rotatable bonds is 6. The molecule has 1 atom stereocenters. The number of aliphatic hydroxyl groups is 1. The van der Waals surface area contributed by atoms with Crippen molar-refractivity contribution in [3.05, 3.63) is 52.9 Å². The zero-order valence-electron chi connectivity index (χ0n) is 18.2. The average molecular weight is 454 g/mol. The second-order valence-corrected chi connectivity index (χ2v) is 9.35. The lowest BCUT2D eigenvalue weighted by atomic mass is 9.98. The number of nitrogens with zero attached hydrogens (tertiary/aromatic N) is 3. The molecule has 32 heavy (non-hydrogen) atoms. The van der Waals surface area contributed by atoms with Crippen molar-refractivity contribution in [1.82, 2.24) is 14.8 Å². The van der Waals surface area contributed by atoms with Crippen molar-refractivity contribution >= 4 is 34.1 Å². The zero-order valence-corrected chi connectivity index (χ0v) is 19.0. The number of pyridine rings is 1. The van der Waals surface area contributed by atoms with Gasteiger partial charge in [-0.05, 0) is 23.4 Å². The van der Waals surface area contributed by atoms with Crippen LogP contribution in [0.5, 0.6) is 0 Å². The van der Waals surface area contributed by atoms with Crippen molar-refractivity contribution in [2.24, 2.45) is 5.92 Å². The van der Waals surface area contributed by atoms with Crippen molar-refractivity contribution in [3.63, 3.8) is 0 Å². The number of aromatic carboxylic acids is 1. The molecule has 2 aromatic heterocycles. The number of hydrogen-bond acceptors (Lipinski definition) is 6. The molecule has 0 radical (unpaired) electrons. The van der Waals surface area contributed by atoms with E-state index in [2.05, 4.69) is 4.90 Å². The quantitative estimate of drug-likeness (QED) is 0.595. The Morgan fingerprint density at radius 3 is 2.44 bits per heavy atom. The van der Waals surface area contributed by atoms with Crippen molar-refractivity contribution < 1.29 is 19.8 Å². The summed E-state index contributed by atoms with van der Waals surface area (Å²) in [6.07, 6.45) is -0.990. The van der Waals surface area contributed by atoms with Crippen LogP contribution in [0.2, 0.25) is 0 Å². The van der Waals surface area contributed by atoms with Crippen LogP contribution in [0.1, 0.15) is 29.8 Å². The first kappa shape index (κ1) is 22.4. The number of piperazine rings is 1. The number of para-hydroxylation sites is 1. The van der Waals surface area contributed by atoms with Crippen LogP contribution in [0.15, 0.2) is 41.8 Å². The van der Waals surface area contributed by atoms with Gasteiger partial charge in [0, 0.05) is 43.7 Å². The molecule has 3 aromatic rings. The van der Waals surface area contributed by atoms with E-state index in [0.717, 1.165) is 4.88 Å². The van der Waals surface area contributed by atoms with Crippen molar-refractivity contribution in [2.75, 3.05) is 26.2 Å². The van der Waals surface area contributed by atoms with Crippen LogP contribution < -0.4 is 0 Å². The number of benzene rings is 1. The van der Waals surface area contributed by atoms with Gasteiger partial charge in [-0.15, -0.1) is 11.3 Å². The van der Waals surface area contributed by atoms with E-state index in [1.165, 1.54) is 11.3 Å². The highest BCUT2D eigenvalue weighted by molar-refractivity contribution is 7.13. The number of hydrogen-bond donors (Lipinski definition) is 2. The molecule has 1 fully saturated rings. The van der Waals surface area contributed by atoms with E-state index in [1.807, 2.05) is 49.6 Å². The number of aliphatic hydroxyl groups excluding tert-OH is 1. The third-order valence-electron chi connectivity index (χ3n) is 5.91. The highest BCUT2D eigenvalue weighted by Gasteiger charge is 2.29. The molecule has 1 aliphatic heterocycles. The molecule has 1 amide bonds. The summed E-state index contributed by atoms with van der Waals surface area (Å²) < 4.78 is 0. The van der Waals surface area contributed by atoms with Crippen LogP contribution in [0, 0.1) is 5.92 Å². The lowest BCUT2D eigenvalue weighted by Gasteiger charge is -2.36. The SMILES string of the molecule is CC(C)[C@H](O)C(=O)N1CCN(Cc2c(-c3cccs3)nc3ccccc3c2C(=O)O)CC1. The fraction of sp³-hybridized carbons (Fsp3) is 0.375. The van der Waals surface area contributed by atoms with Gasteiger partial charge in [0.2, 0.25) is 0 Å². The Morgan fingerprint density at radius 1 is 1.09 bits per heavy atom. The summed E-state index contributed by atoms with van der Waals surface area (Å²) in [4.78, 5) is 34.4. The Bertz CT molecular complexity index is 1120. The van der Waals surface area contributed by atoms with Gasteiger partial charge in [-0.2, -0.15) is 0 Å². The molecule has 0 unspecified atom stereocenters. The number of amides is 1. The van der Waals surface area contributed by atoms with E-state index < -0.39 is 12.1 Å². The maximum atomic E-state index is 12.5. The molecule has 168 valence electrons. The van der Waals surface area contributed by atoms with Crippen LogP contribution in [0.4, 0.5) is 0 Å². The molecular formula is C24H27N3O4S. The normalized spacial score (nSPS) is 15.9. The summed E-state index contributed by atoms with van der Waals surface area (Å²) in [5, 5.41) is 22.8. The molecule has 0 saturated carbocycles. The van der Waals surface area contributed by atoms with E-state index in [1.54, 1.807) is 11.0 Å². The number of aromatic nitrogens is 1. The number of thiophene rings is 1. The second kappa shape index (κ2) is 9.36. The first-order chi connectivity index (χ1) is 15.4. The number of fused-ring (bicyclic) bond motifs is 1. The van der Waals surface area contributed by atoms with Crippen molar-refractivity contribution in [1.29, 1.82) is 0 Å². The summed E-state index contributed by atoms with van der Waals surface area (Å²) in [5.41, 5.74) is 2.34. The average Bonchev–Trinajstić information content (AvgIpc) is 3.32. The summed E-state index contributed by atoms with van der Waals surface area (Å²) in [5.74, 6) is -1.33. The maximum Gasteiger partial charge on any atom is 0.336 e. The Balaban J connectivity index is 1.65. The molecule has 1 aliphatic rings. The maximum absolute atomic E-state index is 12.5. The first-order valence-electron chi connectivity index (χ1n) is 10.7. The largest absolute Gasteiger partial charge is 0.478 e. The topological polar surface area (TPSA) is 94.0 Å². The van der Waals surface area contributed by atoms with E-state index in [9.17, 15) is 19.8 Å². The summed E-state index contributed by atoms with van der Waals surface area (Å²) in [6, 6.07) is 11.2. The van der Waals surface area contributed by atoms with Crippen LogP contribution in [-0.4, -0.2) is 69.2 Å². The van der Waals surface area contributed by atoms with E-state index in [-0.39, 0.29) is 17.4 Å². The fourth-order valence-electron chi connectivity index (χ4n) is 4.09. The molecular weight excluding hydrogens is 426 g/mol. The molecule has 1 aromatic carbocycles. The molecule has 8 heteroatoms. The molecule has 7 nitrogen and oxygen atoms in total. The Hall–Kier alpha value is -2.81. The molecule has 1 saturated heterocycles. The zero-order chi connectivity index (χ0) is 22.8. The third kappa shape index (κ3) is 4.39. The van der Waals surface area contributed by atoms with Gasteiger partial charge in [-0.25, -0.2) is 9.78 Å². The predicted molar refractivity (Wildman–Crippen MR) is 125 cm³/mol.